The zero-order valence-electron chi connectivity index (χ0n) is 11.3. The van der Waals surface area contributed by atoms with Gasteiger partial charge in [0.25, 0.3) is 0 Å². The minimum absolute atomic E-state index is 0.197. The Hall–Kier alpha value is -1.31. The van der Waals surface area contributed by atoms with Crippen LogP contribution in [-0.4, -0.2) is 30.1 Å². The van der Waals surface area contributed by atoms with E-state index in [1.54, 1.807) is 6.92 Å². The summed E-state index contributed by atoms with van der Waals surface area (Å²) in [5, 5.41) is 0. The fourth-order valence-corrected chi connectivity index (χ4v) is 2.70. The standard InChI is InChI=1S/C13H14BrF3N2O2/c1-2-21-12(20)10-4-3-5-19(10)11-9(13(15,16)17)6-8(14)7-18-11/h6-7,10H,2-5H2,1H3. The van der Waals surface area contributed by atoms with Crippen molar-refractivity contribution in [3.05, 3.63) is 22.3 Å². The van der Waals surface area contributed by atoms with Gasteiger partial charge in [-0.15, -0.1) is 0 Å². The van der Waals surface area contributed by atoms with E-state index in [2.05, 4.69) is 20.9 Å². The number of hydrogen-bond donors (Lipinski definition) is 0. The third kappa shape index (κ3) is 3.48. The van der Waals surface area contributed by atoms with E-state index in [1.807, 2.05) is 0 Å². The van der Waals surface area contributed by atoms with Crippen molar-refractivity contribution < 1.29 is 22.7 Å². The van der Waals surface area contributed by atoms with Crippen LogP contribution in [0.15, 0.2) is 16.7 Å². The first-order chi connectivity index (χ1) is 9.84. The van der Waals surface area contributed by atoms with Crippen molar-refractivity contribution in [2.75, 3.05) is 18.1 Å². The third-order valence-electron chi connectivity index (χ3n) is 3.22. The van der Waals surface area contributed by atoms with Gasteiger partial charge in [0.05, 0.1) is 12.2 Å². The molecule has 116 valence electrons. The Morgan fingerprint density at radius 2 is 2.29 bits per heavy atom. The molecule has 1 aromatic rings. The number of alkyl halides is 3. The van der Waals surface area contributed by atoms with Crippen LogP contribution in [0.3, 0.4) is 0 Å². The van der Waals surface area contributed by atoms with Crippen LogP contribution in [-0.2, 0) is 15.7 Å². The zero-order chi connectivity index (χ0) is 15.6. The molecular formula is C13H14BrF3N2O2. The number of halogens is 4. The second kappa shape index (κ2) is 6.21. The maximum atomic E-state index is 13.2. The van der Waals surface area contributed by atoms with Crippen molar-refractivity contribution in [1.29, 1.82) is 0 Å². The summed E-state index contributed by atoms with van der Waals surface area (Å²) in [6.45, 7) is 2.21. The predicted molar refractivity (Wildman–Crippen MR) is 73.9 cm³/mol. The number of rotatable bonds is 3. The fraction of sp³-hybridized carbons (Fsp3) is 0.538. The molecule has 0 amide bonds. The summed E-state index contributed by atoms with van der Waals surface area (Å²) < 4.78 is 44.6. The summed E-state index contributed by atoms with van der Waals surface area (Å²) in [5.41, 5.74) is -0.854. The molecule has 0 saturated carbocycles. The summed E-state index contributed by atoms with van der Waals surface area (Å²) in [4.78, 5) is 17.1. The second-order valence-corrected chi connectivity index (χ2v) is 5.54. The molecule has 0 radical (unpaired) electrons. The second-order valence-electron chi connectivity index (χ2n) is 4.63. The van der Waals surface area contributed by atoms with Crippen LogP contribution in [0, 0.1) is 0 Å². The summed E-state index contributed by atoms with van der Waals surface area (Å²) >= 11 is 2.99. The number of nitrogens with zero attached hydrogens (tertiary/aromatic N) is 2. The fourth-order valence-electron chi connectivity index (χ4n) is 2.37. The maximum absolute atomic E-state index is 13.2. The molecule has 4 nitrogen and oxygen atoms in total. The molecule has 0 spiro atoms. The van der Waals surface area contributed by atoms with E-state index in [-0.39, 0.29) is 16.9 Å². The van der Waals surface area contributed by atoms with Crippen LogP contribution in [0.2, 0.25) is 0 Å². The van der Waals surface area contributed by atoms with E-state index in [9.17, 15) is 18.0 Å². The smallest absolute Gasteiger partial charge is 0.419 e. The van der Waals surface area contributed by atoms with Crippen molar-refractivity contribution in [2.45, 2.75) is 32.0 Å². The third-order valence-corrected chi connectivity index (χ3v) is 3.66. The number of ether oxygens (including phenoxy) is 1. The molecule has 1 fully saturated rings. The van der Waals surface area contributed by atoms with Gasteiger partial charge in [0.15, 0.2) is 0 Å². The highest BCUT2D eigenvalue weighted by atomic mass is 79.9. The van der Waals surface area contributed by atoms with Crippen LogP contribution in [0.5, 0.6) is 0 Å². The number of hydrogen-bond acceptors (Lipinski definition) is 4. The minimum Gasteiger partial charge on any atom is -0.464 e. The van der Waals surface area contributed by atoms with Crippen molar-refractivity contribution in [3.8, 4) is 0 Å². The molecule has 21 heavy (non-hydrogen) atoms. The molecule has 8 heteroatoms. The normalized spacial score (nSPS) is 18.9. The first-order valence-corrected chi connectivity index (χ1v) is 7.30. The molecule has 1 unspecified atom stereocenters. The van der Waals surface area contributed by atoms with Crippen molar-refractivity contribution in [1.82, 2.24) is 4.98 Å². The molecule has 1 aliphatic heterocycles. The number of carbonyl (C=O) groups is 1. The molecule has 0 aliphatic carbocycles. The molecule has 2 rings (SSSR count). The molecule has 0 aromatic carbocycles. The van der Waals surface area contributed by atoms with Crippen molar-refractivity contribution in [3.63, 3.8) is 0 Å². The number of carbonyl (C=O) groups excluding carboxylic acids is 1. The number of esters is 1. The average Bonchev–Trinajstić information content (AvgIpc) is 2.87. The van der Waals surface area contributed by atoms with Gasteiger partial charge in [-0.3, -0.25) is 0 Å². The van der Waals surface area contributed by atoms with Gasteiger partial charge in [-0.25, -0.2) is 9.78 Å². The van der Waals surface area contributed by atoms with Crippen molar-refractivity contribution >= 4 is 27.7 Å². The van der Waals surface area contributed by atoms with Crippen LogP contribution >= 0.6 is 15.9 Å². The van der Waals surface area contributed by atoms with E-state index in [4.69, 9.17) is 4.74 Å². The topological polar surface area (TPSA) is 42.4 Å². The molecule has 1 atom stereocenters. The van der Waals surface area contributed by atoms with Crippen LogP contribution < -0.4 is 4.90 Å². The quantitative estimate of drug-likeness (QED) is 0.769. The van der Waals surface area contributed by atoms with Crippen LogP contribution in [0.25, 0.3) is 0 Å². The van der Waals surface area contributed by atoms with Gasteiger partial charge in [0.2, 0.25) is 0 Å². The lowest BCUT2D eigenvalue weighted by atomic mass is 10.2. The first-order valence-electron chi connectivity index (χ1n) is 6.50. The lowest BCUT2D eigenvalue weighted by Crippen LogP contribution is -2.39. The summed E-state index contributed by atoms with van der Waals surface area (Å²) in [6.07, 6.45) is -2.15. The zero-order valence-corrected chi connectivity index (χ0v) is 12.9. The Morgan fingerprint density at radius 1 is 1.57 bits per heavy atom. The molecule has 1 aliphatic rings. The largest absolute Gasteiger partial charge is 0.464 e. The van der Waals surface area contributed by atoms with Gasteiger partial charge < -0.3 is 9.64 Å². The summed E-state index contributed by atoms with van der Waals surface area (Å²) in [6, 6.07) is 0.266. The Balaban J connectivity index is 2.39. The lowest BCUT2D eigenvalue weighted by molar-refractivity contribution is -0.145. The Labute approximate surface area is 128 Å². The van der Waals surface area contributed by atoms with Crippen LogP contribution in [0.1, 0.15) is 25.3 Å². The SMILES string of the molecule is CCOC(=O)C1CCCN1c1ncc(Br)cc1C(F)(F)F. The highest BCUT2D eigenvalue weighted by Crippen LogP contribution is 2.39. The summed E-state index contributed by atoms with van der Waals surface area (Å²) in [7, 11) is 0. The number of aromatic nitrogens is 1. The molecule has 1 aromatic heterocycles. The Kier molecular flexibility index (Phi) is 4.75. The van der Waals surface area contributed by atoms with Gasteiger partial charge in [0.1, 0.15) is 11.9 Å². The number of anilines is 1. The van der Waals surface area contributed by atoms with Crippen molar-refractivity contribution in [2.24, 2.45) is 0 Å². The highest BCUT2D eigenvalue weighted by molar-refractivity contribution is 9.10. The first kappa shape index (κ1) is 16.1. The molecule has 2 heterocycles. The monoisotopic (exact) mass is 366 g/mol. The van der Waals surface area contributed by atoms with Gasteiger partial charge in [-0.05, 0) is 41.8 Å². The molecule has 0 N–H and O–H groups in total. The molecular weight excluding hydrogens is 353 g/mol. The lowest BCUT2D eigenvalue weighted by Gasteiger charge is -2.26. The molecule has 1 saturated heterocycles. The van der Waals surface area contributed by atoms with E-state index in [0.717, 1.165) is 6.07 Å². The highest BCUT2D eigenvalue weighted by Gasteiger charge is 2.40. The Bertz CT molecular complexity index is 537. The van der Waals surface area contributed by atoms with E-state index < -0.39 is 23.8 Å². The summed E-state index contributed by atoms with van der Waals surface area (Å²) in [5.74, 6) is -0.728. The van der Waals surface area contributed by atoms with E-state index >= 15 is 0 Å². The Morgan fingerprint density at radius 3 is 2.90 bits per heavy atom. The van der Waals surface area contributed by atoms with E-state index in [1.165, 1.54) is 11.1 Å². The van der Waals surface area contributed by atoms with E-state index in [0.29, 0.717) is 19.4 Å². The minimum atomic E-state index is -4.53. The average molecular weight is 367 g/mol. The van der Waals surface area contributed by atoms with Gasteiger partial charge in [0, 0.05) is 17.2 Å². The van der Waals surface area contributed by atoms with Gasteiger partial charge in [-0.2, -0.15) is 13.2 Å². The van der Waals surface area contributed by atoms with Gasteiger partial charge >= 0.3 is 12.1 Å². The maximum Gasteiger partial charge on any atom is 0.419 e. The van der Waals surface area contributed by atoms with Gasteiger partial charge in [-0.1, -0.05) is 0 Å². The molecule has 0 bridgehead atoms. The predicted octanol–water partition coefficient (Wildman–Crippen LogP) is 3.39. The number of pyridine rings is 1. The van der Waals surface area contributed by atoms with Crippen LogP contribution in [0.4, 0.5) is 19.0 Å².